The lowest BCUT2D eigenvalue weighted by molar-refractivity contribution is -0.123. The second kappa shape index (κ2) is 7.69. The average Bonchev–Trinajstić information content (AvgIpc) is 2.89. The second-order valence-electron chi connectivity index (χ2n) is 4.67. The van der Waals surface area contributed by atoms with Crippen molar-refractivity contribution in [3.05, 3.63) is 47.2 Å². The molecule has 0 bridgehead atoms. The maximum absolute atomic E-state index is 11.6. The maximum Gasteiger partial charge on any atom is 0.257 e. The lowest BCUT2D eigenvalue weighted by Gasteiger charge is -2.07. The largest absolute Gasteiger partial charge is 0.484 e. The van der Waals surface area contributed by atoms with Crippen molar-refractivity contribution < 1.29 is 9.53 Å². The van der Waals surface area contributed by atoms with Gasteiger partial charge in [-0.3, -0.25) is 9.48 Å². The normalized spacial score (nSPS) is 10.4. The number of benzene rings is 1. The highest BCUT2D eigenvalue weighted by molar-refractivity contribution is 6.30. The Hall–Kier alpha value is -2.01. The molecule has 1 heterocycles. The van der Waals surface area contributed by atoms with E-state index in [0.717, 1.165) is 18.7 Å². The molecule has 1 N–H and O–H groups in total. The molecule has 0 saturated heterocycles. The lowest BCUT2D eigenvalue weighted by Crippen LogP contribution is -2.30. The Kier molecular flexibility index (Phi) is 5.63. The van der Waals surface area contributed by atoms with E-state index in [2.05, 4.69) is 10.4 Å². The molecule has 0 atom stereocenters. The van der Waals surface area contributed by atoms with E-state index in [-0.39, 0.29) is 12.5 Å². The van der Waals surface area contributed by atoms with Crippen LogP contribution in [0.25, 0.3) is 0 Å². The van der Waals surface area contributed by atoms with Gasteiger partial charge in [0.2, 0.25) is 0 Å². The fraction of sp³-hybridized carbons (Fsp3) is 0.333. The first-order valence-corrected chi connectivity index (χ1v) is 7.16. The zero-order valence-corrected chi connectivity index (χ0v) is 12.6. The first-order valence-electron chi connectivity index (χ1n) is 6.78. The highest BCUT2D eigenvalue weighted by Gasteiger charge is 2.02. The molecule has 5 nitrogen and oxygen atoms in total. The number of ether oxygens (including phenoxy) is 1. The van der Waals surface area contributed by atoms with Crippen LogP contribution in [0.3, 0.4) is 0 Å². The Morgan fingerprint density at radius 1 is 1.33 bits per heavy atom. The molecule has 1 amide bonds. The van der Waals surface area contributed by atoms with Crippen molar-refractivity contribution in [3.8, 4) is 5.75 Å². The van der Waals surface area contributed by atoms with Gasteiger partial charge >= 0.3 is 0 Å². The van der Waals surface area contributed by atoms with Gasteiger partial charge < -0.3 is 10.1 Å². The number of halogens is 1. The zero-order chi connectivity index (χ0) is 15.1. The number of aromatic nitrogens is 2. The van der Waals surface area contributed by atoms with Crippen LogP contribution in [0.5, 0.6) is 5.75 Å². The summed E-state index contributed by atoms with van der Waals surface area (Å²) in [6, 6.07) is 8.87. The van der Waals surface area contributed by atoms with Gasteiger partial charge in [-0.1, -0.05) is 11.6 Å². The van der Waals surface area contributed by atoms with Crippen LogP contribution in [0.15, 0.2) is 36.5 Å². The number of aryl methyl sites for hydroxylation is 2. The van der Waals surface area contributed by atoms with E-state index < -0.39 is 0 Å². The number of hydrogen-bond acceptors (Lipinski definition) is 3. The lowest BCUT2D eigenvalue weighted by atomic mass is 10.3. The Balaban J connectivity index is 1.60. The Bertz CT molecular complexity index is 581. The quantitative estimate of drug-likeness (QED) is 0.799. The van der Waals surface area contributed by atoms with Gasteiger partial charge in [-0.15, -0.1) is 0 Å². The van der Waals surface area contributed by atoms with E-state index in [1.807, 2.05) is 23.9 Å². The SMILES string of the molecule is Cc1ccn(CCCNC(=O)COc2ccc(Cl)cc2)n1. The number of carbonyl (C=O) groups excluding carboxylic acids is 1. The molecule has 0 aliphatic heterocycles. The van der Waals surface area contributed by atoms with Crippen LogP contribution in [0.4, 0.5) is 0 Å². The van der Waals surface area contributed by atoms with E-state index in [4.69, 9.17) is 16.3 Å². The standard InChI is InChI=1S/C15H18ClN3O2/c1-12-7-10-19(18-12)9-2-8-17-15(20)11-21-14-5-3-13(16)4-6-14/h3-7,10H,2,8-9,11H2,1H3,(H,17,20). The molecule has 0 aliphatic rings. The Morgan fingerprint density at radius 3 is 2.76 bits per heavy atom. The van der Waals surface area contributed by atoms with Crippen LogP contribution >= 0.6 is 11.6 Å². The topological polar surface area (TPSA) is 56.2 Å². The summed E-state index contributed by atoms with van der Waals surface area (Å²) < 4.78 is 7.22. The van der Waals surface area contributed by atoms with Crippen molar-refractivity contribution in [1.29, 1.82) is 0 Å². The third-order valence-corrected chi connectivity index (χ3v) is 3.10. The third-order valence-electron chi connectivity index (χ3n) is 2.84. The summed E-state index contributed by atoms with van der Waals surface area (Å²) in [7, 11) is 0. The van der Waals surface area contributed by atoms with E-state index in [1.54, 1.807) is 24.3 Å². The molecular weight excluding hydrogens is 290 g/mol. The smallest absolute Gasteiger partial charge is 0.257 e. The van der Waals surface area contributed by atoms with Gasteiger partial charge in [0.05, 0.1) is 5.69 Å². The molecule has 0 fully saturated rings. The molecule has 1 aromatic heterocycles. The van der Waals surface area contributed by atoms with Crippen LogP contribution in [0, 0.1) is 6.92 Å². The zero-order valence-electron chi connectivity index (χ0n) is 11.9. The monoisotopic (exact) mass is 307 g/mol. The summed E-state index contributed by atoms with van der Waals surface area (Å²) in [6.07, 6.45) is 2.76. The molecule has 0 spiro atoms. The van der Waals surface area contributed by atoms with Gasteiger partial charge in [-0.25, -0.2) is 0 Å². The number of carbonyl (C=O) groups is 1. The van der Waals surface area contributed by atoms with Crippen molar-refractivity contribution >= 4 is 17.5 Å². The molecule has 0 unspecified atom stereocenters. The number of rotatable bonds is 7. The summed E-state index contributed by atoms with van der Waals surface area (Å²) in [5, 5.41) is 7.73. The minimum Gasteiger partial charge on any atom is -0.484 e. The van der Waals surface area contributed by atoms with Gasteiger partial charge in [-0.05, 0) is 43.7 Å². The van der Waals surface area contributed by atoms with Crippen LogP contribution < -0.4 is 10.1 Å². The summed E-state index contributed by atoms with van der Waals surface area (Å²) in [4.78, 5) is 11.6. The van der Waals surface area contributed by atoms with Crippen LogP contribution in [0.2, 0.25) is 5.02 Å². The van der Waals surface area contributed by atoms with E-state index in [9.17, 15) is 4.79 Å². The molecule has 0 aliphatic carbocycles. The van der Waals surface area contributed by atoms with Gasteiger partial charge in [-0.2, -0.15) is 5.10 Å². The van der Waals surface area contributed by atoms with Crippen molar-refractivity contribution in [1.82, 2.24) is 15.1 Å². The minimum atomic E-state index is -0.137. The number of hydrogen-bond donors (Lipinski definition) is 1. The molecule has 2 rings (SSSR count). The second-order valence-corrected chi connectivity index (χ2v) is 5.10. The number of nitrogens with zero attached hydrogens (tertiary/aromatic N) is 2. The molecule has 0 saturated carbocycles. The van der Waals surface area contributed by atoms with Crippen molar-refractivity contribution in [2.75, 3.05) is 13.2 Å². The third kappa shape index (κ3) is 5.47. The molecule has 21 heavy (non-hydrogen) atoms. The van der Waals surface area contributed by atoms with Crippen molar-refractivity contribution in [2.45, 2.75) is 19.9 Å². The van der Waals surface area contributed by atoms with Crippen LogP contribution in [-0.4, -0.2) is 28.8 Å². The van der Waals surface area contributed by atoms with E-state index in [0.29, 0.717) is 17.3 Å². The van der Waals surface area contributed by atoms with Gasteiger partial charge in [0.15, 0.2) is 6.61 Å². The van der Waals surface area contributed by atoms with Crippen molar-refractivity contribution in [2.24, 2.45) is 0 Å². The summed E-state index contributed by atoms with van der Waals surface area (Å²) in [5.41, 5.74) is 0.996. The molecule has 1 aromatic carbocycles. The summed E-state index contributed by atoms with van der Waals surface area (Å²) in [6.45, 7) is 3.34. The first-order chi connectivity index (χ1) is 10.1. The van der Waals surface area contributed by atoms with E-state index >= 15 is 0 Å². The number of amides is 1. The minimum absolute atomic E-state index is 0.00249. The van der Waals surface area contributed by atoms with E-state index in [1.165, 1.54) is 0 Å². The first kappa shape index (κ1) is 15.4. The fourth-order valence-electron chi connectivity index (χ4n) is 1.79. The molecule has 0 radical (unpaired) electrons. The van der Waals surface area contributed by atoms with Gasteiger partial charge in [0.1, 0.15) is 5.75 Å². The predicted octanol–water partition coefficient (Wildman–Crippen LogP) is 2.43. The van der Waals surface area contributed by atoms with Gasteiger partial charge in [0.25, 0.3) is 5.91 Å². The van der Waals surface area contributed by atoms with Crippen LogP contribution in [0.1, 0.15) is 12.1 Å². The Morgan fingerprint density at radius 2 is 2.10 bits per heavy atom. The molecule has 2 aromatic rings. The fourth-order valence-corrected chi connectivity index (χ4v) is 1.91. The predicted molar refractivity (Wildman–Crippen MR) is 81.5 cm³/mol. The molecular formula is C15H18ClN3O2. The highest BCUT2D eigenvalue weighted by Crippen LogP contribution is 2.15. The summed E-state index contributed by atoms with van der Waals surface area (Å²) in [5.74, 6) is 0.489. The number of nitrogens with one attached hydrogen (secondary N) is 1. The molecule has 112 valence electrons. The Labute approximate surface area is 128 Å². The van der Waals surface area contributed by atoms with Gasteiger partial charge in [0, 0.05) is 24.3 Å². The van der Waals surface area contributed by atoms with Crippen molar-refractivity contribution in [3.63, 3.8) is 0 Å². The van der Waals surface area contributed by atoms with Crippen LogP contribution in [-0.2, 0) is 11.3 Å². The average molecular weight is 308 g/mol. The summed E-state index contributed by atoms with van der Waals surface area (Å²) >= 11 is 5.77. The maximum atomic E-state index is 11.6. The highest BCUT2D eigenvalue weighted by atomic mass is 35.5. The molecule has 6 heteroatoms.